The highest BCUT2D eigenvalue weighted by Crippen LogP contribution is 2.10. The molecule has 2 aromatic carbocycles. The molecular formula is C16H12ClFN2O4. The number of esters is 1. The Hall–Kier alpha value is -2.93. The molecule has 0 saturated carbocycles. The van der Waals surface area contributed by atoms with E-state index in [0.717, 1.165) is 6.07 Å². The minimum atomic E-state index is -0.828. The number of hydrogen-bond acceptors (Lipinski definition) is 4. The van der Waals surface area contributed by atoms with Gasteiger partial charge < -0.3 is 4.74 Å². The number of benzene rings is 2. The van der Waals surface area contributed by atoms with Gasteiger partial charge in [-0.15, -0.1) is 0 Å². The van der Waals surface area contributed by atoms with Crippen molar-refractivity contribution in [3.05, 3.63) is 70.5 Å². The quantitative estimate of drug-likeness (QED) is 0.653. The second-order valence-electron chi connectivity index (χ2n) is 4.57. The molecule has 2 rings (SSSR count). The molecule has 0 aliphatic rings. The SMILES string of the molecule is O=C(COC(=O)c1ccc(Cl)cc1)NNC(=O)c1ccccc1F. The van der Waals surface area contributed by atoms with E-state index in [9.17, 15) is 18.8 Å². The van der Waals surface area contributed by atoms with Crippen LogP contribution in [0, 0.1) is 5.82 Å². The number of hydrazine groups is 1. The second kappa shape index (κ2) is 8.07. The van der Waals surface area contributed by atoms with Crippen LogP contribution in [-0.4, -0.2) is 24.4 Å². The number of carbonyl (C=O) groups is 3. The van der Waals surface area contributed by atoms with Crippen LogP contribution in [0.5, 0.6) is 0 Å². The van der Waals surface area contributed by atoms with E-state index in [2.05, 4.69) is 0 Å². The minimum Gasteiger partial charge on any atom is -0.452 e. The van der Waals surface area contributed by atoms with Gasteiger partial charge in [0.25, 0.3) is 11.8 Å². The Kier molecular flexibility index (Phi) is 5.86. The van der Waals surface area contributed by atoms with Gasteiger partial charge in [0.2, 0.25) is 0 Å². The fourth-order valence-corrected chi connectivity index (χ4v) is 1.80. The summed E-state index contributed by atoms with van der Waals surface area (Å²) in [6.45, 7) is -0.612. The third-order valence-corrected chi connectivity index (χ3v) is 3.10. The monoisotopic (exact) mass is 350 g/mol. The zero-order chi connectivity index (χ0) is 17.5. The number of ether oxygens (including phenoxy) is 1. The summed E-state index contributed by atoms with van der Waals surface area (Å²) in [6.07, 6.45) is 0. The van der Waals surface area contributed by atoms with Crippen LogP contribution < -0.4 is 10.9 Å². The third kappa shape index (κ3) is 4.79. The van der Waals surface area contributed by atoms with E-state index in [4.69, 9.17) is 16.3 Å². The van der Waals surface area contributed by atoms with Gasteiger partial charge in [-0.25, -0.2) is 9.18 Å². The first-order valence-electron chi connectivity index (χ1n) is 6.74. The summed E-state index contributed by atoms with van der Waals surface area (Å²) in [5, 5.41) is 0.458. The highest BCUT2D eigenvalue weighted by molar-refractivity contribution is 6.30. The van der Waals surface area contributed by atoms with Gasteiger partial charge in [-0.3, -0.25) is 20.4 Å². The van der Waals surface area contributed by atoms with Gasteiger partial charge in [-0.05, 0) is 36.4 Å². The number of nitrogens with one attached hydrogen (secondary N) is 2. The van der Waals surface area contributed by atoms with Crippen molar-refractivity contribution in [2.45, 2.75) is 0 Å². The van der Waals surface area contributed by atoms with Crippen LogP contribution in [-0.2, 0) is 9.53 Å². The maximum Gasteiger partial charge on any atom is 0.338 e. The Morgan fingerprint density at radius 1 is 1.00 bits per heavy atom. The molecule has 0 aliphatic carbocycles. The molecule has 2 aromatic rings. The molecule has 0 radical (unpaired) electrons. The van der Waals surface area contributed by atoms with Crippen LogP contribution in [0.1, 0.15) is 20.7 Å². The Morgan fingerprint density at radius 3 is 2.33 bits per heavy atom. The van der Waals surface area contributed by atoms with E-state index in [0.29, 0.717) is 5.02 Å². The summed E-state index contributed by atoms with van der Waals surface area (Å²) in [6, 6.07) is 11.2. The van der Waals surface area contributed by atoms with Gasteiger partial charge in [0.1, 0.15) is 5.82 Å². The van der Waals surface area contributed by atoms with Crippen LogP contribution in [0.2, 0.25) is 5.02 Å². The van der Waals surface area contributed by atoms with Crippen molar-refractivity contribution >= 4 is 29.4 Å². The molecule has 0 bridgehead atoms. The Bertz CT molecular complexity index is 765. The van der Waals surface area contributed by atoms with Crippen molar-refractivity contribution < 1.29 is 23.5 Å². The summed E-state index contributed by atoms with van der Waals surface area (Å²) in [7, 11) is 0. The summed E-state index contributed by atoms with van der Waals surface area (Å²) >= 11 is 5.69. The number of carbonyl (C=O) groups excluding carboxylic acids is 3. The van der Waals surface area contributed by atoms with Gasteiger partial charge in [-0.2, -0.15) is 0 Å². The first-order valence-corrected chi connectivity index (χ1v) is 7.11. The zero-order valence-electron chi connectivity index (χ0n) is 12.2. The van der Waals surface area contributed by atoms with Crippen LogP contribution in [0.15, 0.2) is 48.5 Å². The van der Waals surface area contributed by atoms with Gasteiger partial charge in [0, 0.05) is 5.02 Å². The molecule has 0 aliphatic heterocycles. The minimum absolute atomic E-state index is 0.225. The maximum absolute atomic E-state index is 13.4. The van der Waals surface area contributed by atoms with E-state index in [1.165, 1.54) is 42.5 Å². The average molecular weight is 351 g/mol. The van der Waals surface area contributed by atoms with Crippen LogP contribution in [0.4, 0.5) is 4.39 Å². The van der Waals surface area contributed by atoms with E-state index in [1.807, 2.05) is 10.9 Å². The fraction of sp³-hybridized carbons (Fsp3) is 0.0625. The molecule has 0 aromatic heterocycles. The third-order valence-electron chi connectivity index (χ3n) is 2.85. The van der Waals surface area contributed by atoms with Gasteiger partial charge >= 0.3 is 5.97 Å². The van der Waals surface area contributed by atoms with Crippen molar-refractivity contribution in [3.63, 3.8) is 0 Å². The molecule has 0 saturated heterocycles. The normalized spacial score (nSPS) is 9.92. The lowest BCUT2D eigenvalue weighted by molar-refractivity contribution is -0.125. The lowest BCUT2D eigenvalue weighted by Gasteiger charge is -2.08. The van der Waals surface area contributed by atoms with Gasteiger partial charge in [0.05, 0.1) is 11.1 Å². The first kappa shape index (κ1) is 17.4. The molecule has 0 fully saturated rings. The summed E-state index contributed by atoms with van der Waals surface area (Å²) < 4.78 is 18.2. The molecular weight excluding hydrogens is 339 g/mol. The largest absolute Gasteiger partial charge is 0.452 e. The zero-order valence-corrected chi connectivity index (χ0v) is 13.0. The van der Waals surface area contributed by atoms with Crippen molar-refractivity contribution in [2.24, 2.45) is 0 Å². The topological polar surface area (TPSA) is 84.5 Å². The predicted octanol–water partition coefficient (Wildman–Crippen LogP) is 2.10. The molecule has 2 amide bonds. The van der Waals surface area contributed by atoms with Crippen molar-refractivity contribution in [2.75, 3.05) is 6.61 Å². The molecule has 24 heavy (non-hydrogen) atoms. The van der Waals surface area contributed by atoms with Crippen molar-refractivity contribution in [1.82, 2.24) is 10.9 Å². The summed E-state index contributed by atoms with van der Waals surface area (Å²) in [5.41, 5.74) is 4.04. The second-order valence-corrected chi connectivity index (χ2v) is 5.00. The predicted molar refractivity (Wildman–Crippen MR) is 83.7 cm³/mol. The lowest BCUT2D eigenvalue weighted by atomic mass is 10.2. The Balaban J connectivity index is 1.79. The van der Waals surface area contributed by atoms with Crippen molar-refractivity contribution in [3.8, 4) is 0 Å². The average Bonchev–Trinajstić information content (AvgIpc) is 2.58. The van der Waals surface area contributed by atoms with E-state index in [1.54, 1.807) is 0 Å². The van der Waals surface area contributed by atoms with E-state index in [-0.39, 0.29) is 11.1 Å². The molecule has 0 atom stereocenters. The Morgan fingerprint density at radius 2 is 1.67 bits per heavy atom. The highest BCUT2D eigenvalue weighted by Gasteiger charge is 2.13. The summed E-state index contributed by atoms with van der Waals surface area (Å²) in [4.78, 5) is 34.9. The lowest BCUT2D eigenvalue weighted by Crippen LogP contribution is -2.43. The Labute approximate surface area is 141 Å². The number of hydrogen-bond donors (Lipinski definition) is 2. The molecule has 6 nitrogen and oxygen atoms in total. The van der Waals surface area contributed by atoms with E-state index >= 15 is 0 Å². The molecule has 8 heteroatoms. The van der Waals surface area contributed by atoms with Gasteiger partial charge in [0.15, 0.2) is 6.61 Å². The molecule has 0 unspecified atom stereocenters. The van der Waals surface area contributed by atoms with Crippen LogP contribution >= 0.6 is 11.6 Å². The summed E-state index contributed by atoms with van der Waals surface area (Å²) in [5.74, 6) is -3.05. The number of rotatable bonds is 4. The standard InChI is InChI=1S/C16H12ClFN2O4/c17-11-7-5-10(6-8-11)16(23)24-9-14(21)19-20-15(22)12-3-1-2-4-13(12)18/h1-8H,9H2,(H,19,21)(H,20,22). The van der Waals surface area contributed by atoms with Gasteiger partial charge in [-0.1, -0.05) is 23.7 Å². The van der Waals surface area contributed by atoms with Crippen LogP contribution in [0.25, 0.3) is 0 Å². The maximum atomic E-state index is 13.4. The fourth-order valence-electron chi connectivity index (χ4n) is 1.68. The smallest absolute Gasteiger partial charge is 0.338 e. The molecule has 0 heterocycles. The van der Waals surface area contributed by atoms with Crippen molar-refractivity contribution in [1.29, 1.82) is 0 Å². The molecule has 124 valence electrons. The van der Waals surface area contributed by atoms with E-state index < -0.39 is 30.2 Å². The number of halogens is 2. The highest BCUT2D eigenvalue weighted by atomic mass is 35.5. The first-order chi connectivity index (χ1) is 11.5. The molecule has 2 N–H and O–H groups in total. The van der Waals surface area contributed by atoms with Crippen LogP contribution in [0.3, 0.4) is 0 Å². The molecule has 0 spiro atoms. The number of amides is 2.